The van der Waals surface area contributed by atoms with Gasteiger partial charge in [0.15, 0.2) is 0 Å². The second kappa shape index (κ2) is 4.22. The molecule has 2 spiro atoms. The van der Waals surface area contributed by atoms with Crippen molar-refractivity contribution in [3.8, 4) is 0 Å². The fraction of sp³-hybridized carbons (Fsp3) is 0.850. The van der Waals surface area contributed by atoms with Gasteiger partial charge in [0.25, 0.3) is 5.79 Å². The zero-order valence-electron chi connectivity index (χ0n) is 15.4. The van der Waals surface area contributed by atoms with Crippen LogP contribution in [0.2, 0.25) is 0 Å². The average Bonchev–Trinajstić information content (AvgIpc) is 3.47. The molecule has 5 fully saturated rings. The molecule has 6 heteroatoms. The van der Waals surface area contributed by atoms with E-state index in [0.29, 0.717) is 12.0 Å². The Labute approximate surface area is 152 Å². The van der Waals surface area contributed by atoms with E-state index in [4.69, 9.17) is 14.2 Å². The highest BCUT2D eigenvalue weighted by Gasteiger charge is 2.88. The number of hydrogen-bond acceptors (Lipinski definition) is 6. The van der Waals surface area contributed by atoms with E-state index in [1.807, 2.05) is 13.8 Å². The standard InChI is InChI=1S/C20H26O6/c1-9-12-14-19(24-14)7-4-10-17(2,6-5-11(22)18(10,3)8-21)13(19)15-20(12,25-15)26-16(9)23/h10-11,13-15,21-22H,4-8H2,1-3H3/t10-,11+,13-,14+,15+,17+,18-,19-,20+/m0/s1. The second-order valence-corrected chi connectivity index (χ2v) is 9.88. The summed E-state index contributed by atoms with van der Waals surface area (Å²) in [6.07, 6.45) is 2.60. The van der Waals surface area contributed by atoms with E-state index in [2.05, 4.69) is 6.92 Å². The Morgan fingerprint density at radius 1 is 1.19 bits per heavy atom. The summed E-state index contributed by atoms with van der Waals surface area (Å²) < 4.78 is 18.2. The fourth-order valence-corrected chi connectivity index (χ4v) is 7.55. The van der Waals surface area contributed by atoms with Crippen LogP contribution in [0.3, 0.4) is 0 Å². The Morgan fingerprint density at radius 3 is 2.69 bits per heavy atom. The Morgan fingerprint density at radius 2 is 1.96 bits per heavy atom. The van der Waals surface area contributed by atoms with Crippen molar-refractivity contribution in [3.05, 3.63) is 11.1 Å². The van der Waals surface area contributed by atoms with Gasteiger partial charge in [0, 0.05) is 22.5 Å². The Bertz CT molecular complexity index is 776. The highest BCUT2D eigenvalue weighted by atomic mass is 16.8. The molecule has 9 atom stereocenters. The summed E-state index contributed by atoms with van der Waals surface area (Å²) in [7, 11) is 0. The van der Waals surface area contributed by atoms with Gasteiger partial charge < -0.3 is 24.4 Å². The maximum absolute atomic E-state index is 12.2. The molecule has 3 heterocycles. The van der Waals surface area contributed by atoms with E-state index in [1.165, 1.54) is 0 Å². The van der Waals surface area contributed by atoms with Crippen molar-refractivity contribution >= 4 is 5.97 Å². The third-order valence-electron chi connectivity index (χ3n) is 8.95. The lowest BCUT2D eigenvalue weighted by atomic mass is 9.43. The number of carbonyl (C=O) groups is 1. The van der Waals surface area contributed by atoms with Crippen LogP contribution in [-0.4, -0.2) is 52.5 Å². The molecule has 0 aromatic carbocycles. The van der Waals surface area contributed by atoms with Gasteiger partial charge >= 0.3 is 5.97 Å². The number of esters is 1. The van der Waals surface area contributed by atoms with Crippen molar-refractivity contribution in [2.24, 2.45) is 22.7 Å². The molecule has 142 valence electrons. The first-order chi connectivity index (χ1) is 12.2. The molecule has 3 saturated carbocycles. The molecule has 0 aromatic heterocycles. The Kier molecular flexibility index (Phi) is 2.60. The fourth-order valence-electron chi connectivity index (χ4n) is 7.55. The molecule has 2 N–H and O–H groups in total. The van der Waals surface area contributed by atoms with Crippen LogP contribution >= 0.6 is 0 Å². The zero-order valence-corrected chi connectivity index (χ0v) is 15.4. The van der Waals surface area contributed by atoms with Gasteiger partial charge in [-0.3, -0.25) is 0 Å². The molecule has 0 aromatic rings. The molecule has 3 aliphatic carbocycles. The third-order valence-corrected chi connectivity index (χ3v) is 8.95. The number of hydrogen-bond donors (Lipinski definition) is 2. The summed E-state index contributed by atoms with van der Waals surface area (Å²) in [5.41, 5.74) is 0.677. The number of ether oxygens (including phenoxy) is 3. The van der Waals surface area contributed by atoms with Crippen molar-refractivity contribution < 1.29 is 29.2 Å². The van der Waals surface area contributed by atoms with E-state index in [9.17, 15) is 15.0 Å². The predicted octanol–water partition coefficient (Wildman–Crippen LogP) is 1.29. The Balaban J connectivity index is 1.47. The molecule has 2 saturated heterocycles. The van der Waals surface area contributed by atoms with Crippen LogP contribution in [0.25, 0.3) is 0 Å². The van der Waals surface area contributed by atoms with E-state index in [0.717, 1.165) is 24.8 Å². The topological polar surface area (TPSA) is 91.8 Å². The monoisotopic (exact) mass is 362 g/mol. The number of rotatable bonds is 1. The third kappa shape index (κ3) is 1.41. The molecule has 6 rings (SSSR count). The Hall–Kier alpha value is -0.950. The summed E-state index contributed by atoms with van der Waals surface area (Å²) in [4.78, 5) is 12.2. The first kappa shape index (κ1) is 16.0. The number of fused-ring (bicyclic) bond motifs is 4. The first-order valence-electron chi connectivity index (χ1n) is 9.84. The molecule has 26 heavy (non-hydrogen) atoms. The molecular formula is C20H26O6. The summed E-state index contributed by atoms with van der Waals surface area (Å²) in [5, 5.41) is 20.8. The van der Waals surface area contributed by atoms with E-state index < -0.39 is 17.3 Å². The molecule has 3 aliphatic heterocycles. The first-order valence-corrected chi connectivity index (χ1v) is 9.84. The molecular weight excluding hydrogens is 336 g/mol. The van der Waals surface area contributed by atoms with Crippen molar-refractivity contribution in [2.45, 2.75) is 76.2 Å². The number of aliphatic hydroxyl groups excluding tert-OH is 2. The van der Waals surface area contributed by atoms with Gasteiger partial charge in [-0.05, 0) is 43.9 Å². The quantitative estimate of drug-likeness (QED) is 0.540. The molecule has 0 bridgehead atoms. The van der Waals surface area contributed by atoms with Gasteiger partial charge in [-0.1, -0.05) is 13.8 Å². The molecule has 0 amide bonds. The van der Waals surface area contributed by atoms with Crippen LogP contribution in [-0.2, 0) is 19.0 Å². The maximum atomic E-state index is 12.2. The highest BCUT2D eigenvalue weighted by molar-refractivity contribution is 5.93. The van der Waals surface area contributed by atoms with Crippen molar-refractivity contribution in [1.29, 1.82) is 0 Å². The van der Waals surface area contributed by atoms with Gasteiger partial charge in [0.1, 0.15) is 17.8 Å². The summed E-state index contributed by atoms with van der Waals surface area (Å²) in [5.74, 6) is -0.867. The van der Waals surface area contributed by atoms with Crippen molar-refractivity contribution in [2.75, 3.05) is 6.61 Å². The lowest BCUT2D eigenvalue weighted by Crippen LogP contribution is -2.63. The number of epoxide rings is 2. The van der Waals surface area contributed by atoms with E-state index in [1.54, 1.807) is 0 Å². The van der Waals surface area contributed by atoms with Crippen LogP contribution in [0, 0.1) is 22.7 Å². The molecule has 0 radical (unpaired) electrons. The van der Waals surface area contributed by atoms with Gasteiger partial charge in [0.05, 0.1) is 12.7 Å². The summed E-state index contributed by atoms with van der Waals surface area (Å²) in [6, 6.07) is 0. The lowest BCUT2D eigenvalue weighted by Gasteiger charge is -2.61. The van der Waals surface area contributed by atoms with Crippen molar-refractivity contribution in [1.82, 2.24) is 0 Å². The van der Waals surface area contributed by atoms with Gasteiger partial charge in [0.2, 0.25) is 0 Å². The predicted molar refractivity (Wildman–Crippen MR) is 88.8 cm³/mol. The summed E-state index contributed by atoms with van der Waals surface area (Å²) in [6.45, 7) is 6.08. The van der Waals surface area contributed by atoms with Gasteiger partial charge in [-0.15, -0.1) is 0 Å². The largest absolute Gasteiger partial charge is 0.422 e. The minimum atomic E-state index is -0.896. The molecule has 6 nitrogen and oxygen atoms in total. The minimum absolute atomic E-state index is 0.0195. The number of aliphatic hydroxyl groups is 2. The van der Waals surface area contributed by atoms with Gasteiger partial charge in [-0.2, -0.15) is 0 Å². The zero-order chi connectivity index (χ0) is 18.3. The maximum Gasteiger partial charge on any atom is 0.336 e. The second-order valence-electron chi connectivity index (χ2n) is 9.88. The normalized spacial score (nSPS) is 61.7. The SMILES string of the molecule is CC1=C2[C@H]3O[C@]34CC[C@@H]3[C@](C)(CO)[C@H](O)CC[C@@]3(C)[C@@H]4[C@H]3O[C@@]23OC1=O. The smallest absolute Gasteiger partial charge is 0.336 e. The summed E-state index contributed by atoms with van der Waals surface area (Å²) >= 11 is 0. The highest BCUT2D eigenvalue weighted by Crippen LogP contribution is 2.77. The van der Waals surface area contributed by atoms with Gasteiger partial charge in [-0.25, -0.2) is 4.79 Å². The molecule has 0 unspecified atom stereocenters. The van der Waals surface area contributed by atoms with E-state index in [-0.39, 0.29) is 47.6 Å². The van der Waals surface area contributed by atoms with Crippen LogP contribution < -0.4 is 0 Å². The van der Waals surface area contributed by atoms with Crippen LogP contribution in [0.1, 0.15) is 46.5 Å². The lowest BCUT2D eigenvalue weighted by molar-refractivity contribution is -0.180. The van der Waals surface area contributed by atoms with Crippen LogP contribution in [0.4, 0.5) is 0 Å². The number of carbonyl (C=O) groups excluding carboxylic acids is 1. The van der Waals surface area contributed by atoms with Crippen LogP contribution in [0.5, 0.6) is 0 Å². The van der Waals surface area contributed by atoms with Crippen LogP contribution in [0.15, 0.2) is 11.1 Å². The minimum Gasteiger partial charge on any atom is -0.422 e. The average molecular weight is 362 g/mol. The van der Waals surface area contributed by atoms with Crippen molar-refractivity contribution in [3.63, 3.8) is 0 Å². The molecule has 6 aliphatic rings. The van der Waals surface area contributed by atoms with E-state index >= 15 is 0 Å².